The van der Waals surface area contributed by atoms with Crippen molar-refractivity contribution in [3.8, 4) is 0 Å². The molecule has 22 heavy (non-hydrogen) atoms. The van der Waals surface area contributed by atoms with E-state index < -0.39 is 0 Å². The zero-order valence-electron chi connectivity index (χ0n) is 12.2. The summed E-state index contributed by atoms with van der Waals surface area (Å²) in [5, 5.41) is 0.943. The maximum Gasteiger partial charge on any atom is 0.253 e. The van der Waals surface area contributed by atoms with Gasteiger partial charge in [-0.2, -0.15) is 0 Å². The Hall–Kier alpha value is -2.82. The van der Waals surface area contributed by atoms with E-state index in [1.165, 1.54) is 6.92 Å². The molecule has 0 aliphatic rings. The van der Waals surface area contributed by atoms with Crippen molar-refractivity contribution in [1.29, 1.82) is 0 Å². The van der Waals surface area contributed by atoms with Gasteiger partial charge in [0.2, 0.25) is 5.91 Å². The number of fused-ring (bicyclic) bond motifs is 1. The standard InChI is InChI=1S/C17H16N2O3/c1-12(20)19(11-15-6-4-8-22-15)10-14-9-13-5-2-3-7-16(13)18-17(14)21/h2-9H,10-11H2,1H3,(H,18,21). The first-order chi connectivity index (χ1) is 10.6. The smallest absolute Gasteiger partial charge is 0.253 e. The van der Waals surface area contributed by atoms with Gasteiger partial charge in [0.1, 0.15) is 5.76 Å². The first kappa shape index (κ1) is 14.1. The predicted molar refractivity (Wildman–Crippen MR) is 83.2 cm³/mol. The van der Waals surface area contributed by atoms with Gasteiger partial charge >= 0.3 is 0 Å². The van der Waals surface area contributed by atoms with E-state index in [4.69, 9.17) is 4.42 Å². The van der Waals surface area contributed by atoms with Crippen molar-refractivity contribution in [1.82, 2.24) is 9.88 Å². The summed E-state index contributed by atoms with van der Waals surface area (Å²) in [5.74, 6) is 0.580. The maximum atomic E-state index is 12.2. The topological polar surface area (TPSA) is 66.3 Å². The van der Waals surface area contributed by atoms with Crippen molar-refractivity contribution in [2.24, 2.45) is 0 Å². The maximum absolute atomic E-state index is 12.2. The van der Waals surface area contributed by atoms with Gasteiger partial charge in [-0.05, 0) is 29.7 Å². The Morgan fingerprint density at radius 3 is 2.73 bits per heavy atom. The van der Waals surface area contributed by atoms with Crippen LogP contribution in [-0.2, 0) is 17.9 Å². The van der Waals surface area contributed by atoms with E-state index in [1.54, 1.807) is 23.3 Å². The molecule has 0 radical (unpaired) electrons. The molecule has 0 unspecified atom stereocenters. The first-order valence-corrected chi connectivity index (χ1v) is 7.02. The molecule has 0 saturated heterocycles. The van der Waals surface area contributed by atoms with Crippen LogP contribution in [0.4, 0.5) is 0 Å². The highest BCUT2D eigenvalue weighted by Crippen LogP contribution is 2.13. The number of para-hydroxylation sites is 1. The van der Waals surface area contributed by atoms with Crippen LogP contribution in [0, 0.1) is 0 Å². The molecule has 0 bridgehead atoms. The number of H-pyrrole nitrogens is 1. The van der Waals surface area contributed by atoms with E-state index in [9.17, 15) is 9.59 Å². The van der Waals surface area contributed by atoms with Crippen LogP contribution in [-0.4, -0.2) is 15.8 Å². The number of amides is 1. The van der Waals surface area contributed by atoms with Crippen LogP contribution in [0.5, 0.6) is 0 Å². The normalized spacial score (nSPS) is 10.8. The molecule has 2 heterocycles. The Labute approximate surface area is 127 Å². The largest absolute Gasteiger partial charge is 0.467 e. The molecule has 0 aliphatic heterocycles. The van der Waals surface area contributed by atoms with Gasteiger partial charge in [-0.15, -0.1) is 0 Å². The molecule has 5 nitrogen and oxygen atoms in total. The molecular weight excluding hydrogens is 280 g/mol. The second-order valence-electron chi connectivity index (χ2n) is 5.17. The van der Waals surface area contributed by atoms with Gasteiger partial charge in [0.25, 0.3) is 5.56 Å². The van der Waals surface area contributed by atoms with Crippen molar-refractivity contribution in [2.45, 2.75) is 20.0 Å². The number of hydrogen-bond acceptors (Lipinski definition) is 3. The average Bonchev–Trinajstić information content (AvgIpc) is 3.00. The molecule has 112 valence electrons. The molecule has 0 saturated carbocycles. The van der Waals surface area contributed by atoms with E-state index in [2.05, 4.69) is 4.98 Å². The summed E-state index contributed by atoms with van der Waals surface area (Å²) >= 11 is 0. The zero-order chi connectivity index (χ0) is 15.5. The summed E-state index contributed by atoms with van der Waals surface area (Å²) in [6.45, 7) is 2.07. The lowest BCUT2D eigenvalue weighted by Gasteiger charge is -2.19. The number of nitrogens with one attached hydrogen (secondary N) is 1. The lowest BCUT2D eigenvalue weighted by Crippen LogP contribution is -2.30. The Kier molecular flexibility index (Phi) is 3.78. The predicted octanol–water partition coefficient (Wildman–Crippen LogP) is 2.67. The number of hydrogen-bond donors (Lipinski definition) is 1. The Balaban J connectivity index is 1.90. The fourth-order valence-electron chi connectivity index (χ4n) is 2.38. The fourth-order valence-corrected chi connectivity index (χ4v) is 2.38. The SMILES string of the molecule is CC(=O)N(Cc1ccco1)Cc1cc2ccccc2[nH]c1=O. The molecule has 3 aromatic rings. The minimum atomic E-state index is -0.176. The molecule has 0 spiro atoms. The van der Waals surface area contributed by atoms with Crippen molar-refractivity contribution in [3.63, 3.8) is 0 Å². The van der Waals surface area contributed by atoms with Crippen LogP contribution in [0.25, 0.3) is 10.9 Å². The van der Waals surface area contributed by atoms with Crippen LogP contribution in [0.2, 0.25) is 0 Å². The van der Waals surface area contributed by atoms with Crippen LogP contribution in [0.3, 0.4) is 0 Å². The molecule has 0 aliphatic carbocycles. The Bertz CT molecular complexity index is 850. The summed E-state index contributed by atoms with van der Waals surface area (Å²) < 4.78 is 5.27. The third-order valence-corrected chi connectivity index (χ3v) is 3.56. The minimum absolute atomic E-state index is 0.107. The third kappa shape index (κ3) is 2.93. The van der Waals surface area contributed by atoms with E-state index >= 15 is 0 Å². The van der Waals surface area contributed by atoms with Crippen molar-refractivity contribution in [3.05, 3.63) is 70.4 Å². The molecule has 1 aromatic carbocycles. The van der Waals surface area contributed by atoms with E-state index in [1.807, 2.05) is 30.3 Å². The number of aromatic amines is 1. The second-order valence-corrected chi connectivity index (χ2v) is 5.17. The number of rotatable bonds is 4. The molecule has 2 aromatic heterocycles. The summed E-state index contributed by atoms with van der Waals surface area (Å²) in [7, 11) is 0. The van der Waals surface area contributed by atoms with Gasteiger partial charge in [-0.1, -0.05) is 18.2 Å². The Morgan fingerprint density at radius 1 is 1.18 bits per heavy atom. The van der Waals surface area contributed by atoms with E-state index in [-0.39, 0.29) is 18.0 Å². The van der Waals surface area contributed by atoms with E-state index in [0.717, 1.165) is 10.9 Å². The van der Waals surface area contributed by atoms with Gasteiger partial charge in [-0.3, -0.25) is 9.59 Å². The number of aromatic nitrogens is 1. The molecule has 0 fully saturated rings. The molecule has 1 amide bonds. The van der Waals surface area contributed by atoms with Gasteiger partial charge in [0, 0.05) is 18.0 Å². The second kappa shape index (κ2) is 5.89. The summed E-state index contributed by atoms with van der Waals surface area (Å²) in [6, 6.07) is 13.0. The summed E-state index contributed by atoms with van der Waals surface area (Å²) in [5.41, 5.74) is 1.17. The zero-order valence-corrected chi connectivity index (χ0v) is 12.2. The summed E-state index contributed by atoms with van der Waals surface area (Å²) in [6.07, 6.45) is 1.57. The number of carbonyl (C=O) groups is 1. The number of carbonyl (C=O) groups excluding carboxylic acids is 1. The van der Waals surface area contributed by atoms with Crippen LogP contribution in [0.15, 0.2) is 57.9 Å². The number of nitrogens with zero attached hydrogens (tertiary/aromatic N) is 1. The lowest BCUT2D eigenvalue weighted by molar-refractivity contribution is -0.130. The lowest BCUT2D eigenvalue weighted by atomic mass is 10.1. The number of pyridine rings is 1. The minimum Gasteiger partial charge on any atom is -0.467 e. The molecule has 0 atom stereocenters. The molecule has 5 heteroatoms. The molecular formula is C17H16N2O3. The van der Waals surface area contributed by atoms with Crippen molar-refractivity contribution in [2.75, 3.05) is 0 Å². The first-order valence-electron chi connectivity index (χ1n) is 7.02. The average molecular weight is 296 g/mol. The van der Waals surface area contributed by atoms with Gasteiger partial charge in [0.05, 0.1) is 19.4 Å². The summed E-state index contributed by atoms with van der Waals surface area (Å²) in [4.78, 5) is 28.4. The highest BCUT2D eigenvalue weighted by atomic mass is 16.3. The van der Waals surface area contributed by atoms with Crippen LogP contribution < -0.4 is 5.56 Å². The number of benzene rings is 1. The van der Waals surface area contributed by atoms with Gasteiger partial charge < -0.3 is 14.3 Å². The van der Waals surface area contributed by atoms with E-state index in [0.29, 0.717) is 17.9 Å². The Morgan fingerprint density at radius 2 is 2.00 bits per heavy atom. The van der Waals surface area contributed by atoms with Crippen molar-refractivity contribution < 1.29 is 9.21 Å². The van der Waals surface area contributed by atoms with Gasteiger partial charge in [0.15, 0.2) is 0 Å². The van der Waals surface area contributed by atoms with Crippen molar-refractivity contribution >= 4 is 16.8 Å². The molecule has 3 rings (SSSR count). The quantitative estimate of drug-likeness (QED) is 0.805. The fraction of sp³-hybridized carbons (Fsp3) is 0.176. The highest BCUT2D eigenvalue weighted by Gasteiger charge is 2.14. The monoisotopic (exact) mass is 296 g/mol. The van der Waals surface area contributed by atoms with Crippen LogP contribution in [0.1, 0.15) is 18.2 Å². The number of furan rings is 1. The van der Waals surface area contributed by atoms with Gasteiger partial charge in [-0.25, -0.2) is 0 Å². The van der Waals surface area contributed by atoms with Crippen LogP contribution >= 0.6 is 0 Å². The molecule has 1 N–H and O–H groups in total. The third-order valence-electron chi connectivity index (χ3n) is 3.56. The highest BCUT2D eigenvalue weighted by molar-refractivity contribution is 5.79.